The first-order valence-corrected chi connectivity index (χ1v) is 6.41. The van der Waals surface area contributed by atoms with Gasteiger partial charge >= 0.3 is 5.76 Å². The van der Waals surface area contributed by atoms with Crippen LogP contribution in [0.15, 0.2) is 39.7 Å². The maximum atomic E-state index is 11.7. The van der Waals surface area contributed by atoms with E-state index in [1.807, 2.05) is 19.1 Å². The number of hydrogen-bond acceptors (Lipinski definition) is 4. The summed E-state index contributed by atoms with van der Waals surface area (Å²) in [7, 11) is 0. The second-order valence-corrected chi connectivity index (χ2v) is 4.51. The third-order valence-electron chi connectivity index (χ3n) is 3.25. The normalized spacial score (nSPS) is 10.9. The maximum absolute atomic E-state index is 11.7. The molecule has 1 amide bonds. The quantitative estimate of drug-likeness (QED) is 0.789. The number of primary amides is 1. The Morgan fingerprint density at radius 3 is 2.86 bits per heavy atom. The second-order valence-electron chi connectivity index (χ2n) is 4.51. The molecular formula is C15H12N3O3. The molecule has 0 saturated carbocycles. The third kappa shape index (κ3) is 2.20. The number of rotatable bonds is 3. The van der Waals surface area contributed by atoms with Gasteiger partial charge in [0.1, 0.15) is 5.69 Å². The minimum Gasteiger partial charge on any atom is -0.408 e. The summed E-state index contributed by atoms with van der Waals surface area (Å²) in [5.41, 5.74) is 8.11. The van der Waals surface area contributed by atoms with Crippen molar-refractivity contribution in [2.45, 2.75) is 13.5 Å². The lowest BCUT2D eigenvalue weighted by Gasteiger charge is -2.03. The molecule has 0 spiro atoms. The Labute approximate surface area is 119 Å². The molecule has 0 atom stereocenters. The fourth-order valence-corrected chi connectivity index (χ4v) is 2.19. The van der Waals surface area contributed by atoms with Crippen LogP contribution in [0, 0.1) is 6.07 Å². The molecule has 2 N–H and O–H groups in total. The number of fused-ring (bicyclic) bond motifs is 1. The van der Waals surface area contributed by atoms with Crippen LogP contribution in [-0.2, 0) is 6.54 Å². The Morgan fingerprint density at radius 2 is 2.24 bits per heavy atom. The lowest BCUT2D eigenvalue weighted by atomic mass is 10.1. The Morgan fingerprint density at radius 1 is 1.43 bits per heavy atom. The number of nitrogens with two attached hydrogens (primary N) is 1. The number of nitrogens with zero attached hydrogens (tertiary/aromatic N) is 2. The zero-order valence-corrected chi connectivity index (χ0v) is 11.3. The van der Waals surface area contributed by atoms with E-state index in [2.05, 4.69) is 11.1 Å². The average molecular weight is 282 g/mol. The van der Waals surface area contributed by atoms with E-state index in [0.29, 0.717) is 12.1 Å². The molecule has 0 unspecified atom stereocenters. The van der Waals surface area contributed by atoms with Crippen LogP contribution >= 0.6 is 0 Å². The van der Waals surface area contributed by atoms with Gasteiger partial charge in [-0.15, -0.1) is 0 Å². The third-order valence-corrected chi connectivity index (χ3v) is 3.25. The van der Waals surface area contributed by atoms with Gasteiger partial charge in [-0.05, 0) is 30.7 Å². The van der Waals surface area contributed by atoms with Crippen molar-refractivity contribution in [3.63, 3.8) is 0 Å². The Kier molecular flexibility index (Phi) is 3.06. The SMILES string of the molecule is CCn1c(=O)oc2ccc(-c3c[c]c(C(N)=O)nc3)cc21. The molecule has 6 heteroatoms. The van der Waals surface area contributed by atoms with Crippen LogP contribution in [0.4, 0.5) is 0 Å². The highest BCUT2D eigenvalue weighted by atomic mass is 16.4. The zero-order valence-electron chi connectivity index (χ0n) is 11.3. The van der Waals surface area contributed by atoms with Crippen molar-refractivity contribution >= 4 is 17.0 Å². The maximum Gasteiger partial charge on any atom is 0.419 e. The average Bonchev–Trinajstić information content (AvgIpc) is 2.81. The minimum absolute atomic E-state index is 0.0913. The first kappa shape index (κ1) is 13.1. The molecule has 0 saturated heterocycles. The van der Waals surface area contributed by atoms with Crippen molar-refractivity contribution in [2.24, 2.45) is 5.73 Å². The van der Waals surface area contributed by atoms with E-state index < -0.39 is 5.91 Å². The summed E-state index contributed by atoms with van der Waals surface area (Å²) in [5.74, 6) is -0.995. The van der Waals surface area contributed by atoms with E-state index in [9.17, 15) is 9.59 Å². The van der Waals surface area contributed by atoms with E-state index in [1.165, 1.54) is 0 Å². The molecular weight excluding hydrogens is 270 g/mol. The molecule has 0 aliphatic carbocycles. The highest BCUT2D eigenvalue weighted by Gasteiger charge is 2.10. The first-order chi connectivity index (χ1) is 10.1. The molecule has 105 valence electrons. The highest BCUT2D eigenvalue weighted by Crippen LogP contribution is 2.23. The van der Waals surface area contributed by atoms with Crippen LogP contribution in [-0.4, -0.2) is 15.5 Å². The van der Waals surface area contributed by atoms with Gasteiger partial charge in [0.2, 0.25) is 0 Å². The number of amides is 1. The van der Waals surface area contributed by atoms with Gasteiger partial charge in [-0.1, -0.05) is 6.07 Å². The standard InChI is InChI=1S/C15H12N3O3/c1-2-18-12-7-9(4-6-13(12)21-15(18)20)10-3-5-11(14(16)19)17-8-10/h3-4,6-8H,2H2,1H3,(H2,16,19). The molecule has 21 heavy (non-hydrogen) atoms. The smallest absolute Gasteiger partial charge is 0.408 e. The summed E-state index contributed by atoms with van der Waals surface area (Å²) in [4.78, 5) is 26.6. The molecule has 1 radical (unpaired) electrons. The lowest BCUT2D eigenvalue weighted by Crippen LogP contribution is -2.12. The largest absolute Gasteiger partial charge is 0.419 e. The van der Waals surface area contributed by atoms with E-state index in [-0.39, 0.29) is 11.4 Å². The first-order valence-electron chi connectivity index (χ1n) is 6.41. The van der Waals surface area contributed by atoms with Crippen LogP contribution in [0.25, 0.3) is 22.2 Å². The second kappa shape index (κ2) is 4.90. The van der Waals surface area contributed by atoms with E-state index in [0.717, 1.165) is 16.6 Å². The number of oxazole rings is 1. The zero-order chi connectivity index (χ0) is 15.0. The fourth-order valence-electron chi connectivity index (χ4n) is 2.19. The number of hydrogen-bond donors (Lipinski definition) is 1. The molecule has 3 rings (SSSR count). The molecule has 0 aliphatic rings. The summed E-state index contributed by atoms with van der Waals surface area (Å²) in [6.45, 7) is 2.40. The molecule has 6 nitrogen and oxygen atoms in total. The predicted molar refractivity (Wildman–Crippen MR) is 76.7 cm³/mol. The summed E-state index contributed by atoms with van der Waals surface area (Å²) < 4.78 is 6.70. The van der Waals surface area contributed by atoms with Crippen molar-refractivity contribution in [1.29, 1.82) is 0 Å². The lowest BCUT2D eigenvalue weighted by molar-refractivity contribution is 0.0995. The van der Waals surface area contributed by atoms with Gasteiger partial charge in [-0.25, -0.2) is 9.78 Å². The van der Waals surface area contributed by atoms with Crippen molar-refractivity contribution in [2.75, 3.05) is 0 Å². The van der Waals surface area contributed by atoms with Gasteiger partial charge in [-0.3, -0.25) is 9.36 Å². The summed E-state index contributed by atoms with van der Waals surface area (Å²) in [6, 6.07) is 9.78. The number of aryl methyl sites for hydroxylation is 1. The van der Waals surface area contributed by atoms with Gasteiger partial charge in [0.25, 0.3) is 5.91 Å². The summed E-state index contributed by atoms with van der Waals surface area (Å²) >= 11 is 0. The van der Waals surface area contributed by atoms with Crippen molar-refractivity contribution in [3.05, 3.63) is 52.8 Å². The monoisotopic (exact) mass is 282 g/mol. The molecule has 3 aromatic rings. The number of aromatic nitrogens is 2. The van der Waals surface area contributed by atoms with Crippen LogP contribution in [0.2, 0.25) is 0 Å². The topological polar surface area (TPSA) is 91.1 Å². The Bertz CT molecular complexity index is 875. The molecule has 0 bridgehead atoms. The highest BCUT2D eigenvalue weighted by molar-refractivity contribution is 5.91. The van der Waals surface area contributed by atoms with Crippen LogP contribution in [0.1, 0.15) is 17.4 Å². The fraction of sp³-hybridized carbons (Fsp3) is 0.133. The molecule has 2 aromatic heterocycles. The van der Waals surface area contributed by atoms with Crippen molar-refractivity contribution < 1.29 is 9.21 Å². The van der Waals surface area contributed by atoms with Gasteiger partial charge < -0.3 is 10.2 Å². The minimum atomic E-state index is -0.619. The number of carbonyl (C=O) groups is 1. The van der Waals surface area contributed by atoms with Gasteiger partial charge in [0.05, 0.1) is 5.52 Å². The van der Waals surface area contributed by atoms with Gasteiger partial charge in [0.15, 0.2) is 5.58 Å². The Balaban J connectivity index is 2.12. The van der Waals surface area contributed by atoms with Gasteiger partial charge in [-0.2, -0.15) is 0 Å². The molecule has 2 heterocycles. The van der Waals surface area contributed by atoms with Gasteiger partial charge in [0, 0.05) is 24.4 Å². The van der Waals surface area contributed by atoms with E-state index in [1.54, 1.807) is 22.9 Å². The van der Waals surface area contributed by atoms with Crippen molar-refractivity contribution in [1.82, 2.24) is 9.55 Å². The number of carbonyl (C=O) groups excluding carboxylic acids is 1. The Hall–Kier alpha value is -2.89. The van der Waals surface area contributed by atoms with Crippen LogP contribution < -0.4 is 11.5 Å². The molecule has 0 fully saturated rings. The van der Waals surface area contributed by atoms with Crippen LogP contribution in [0.5, 0.6) is 0 Å². The summed E-state index contributed by atoms with van der Waals surface area (Å²) in [5, 5.41) is 0. The van der Waals surface area contributed by atoms with Crippen molar-refractivity contribution in [3.8, 4) is 11.1 Å². The molecule has 1 aromatic carbocycles. The predicted octanol–water partition coefficient (Wildman–Crippen LogP) is 1.58. The van der Waals surface area contributed by atoms with Crippen LogP contribution in [0.3, 0.4) is 0 Å². The number of benzene rings is 1. The van der Waals surface area contributed by atoms with E-state index in [4.69, 9.17) is 10.2 Å². The van der Waals surface area contributed by atoms with E-state index >= 15 is 0 Å². The molecule has 0 aliphatic heterocycles. The number of pyridine rings is 1. The summed E-state index contributed by atoms with van der Waals surface area (Å²) in [6.07, 6.45) is 1.55.